The number of primary amides is 1. The Kier molecular flexibility index (Phi) is 4.01. The van der Waals surface area contributed by atoms with Gasteiger partial charge in [0, 0.05) is 5.41 Å². The van der Waals surface area contributed by atoms with Crippen LogP contribution >= 0.6 is 0 Å². The van der Waals surface area contributed by atoms with Gasteiger partial charge in [-0.1, -0.05) is 12.1 Å². The molecule has 3 N–H and O–H groups in total. The lowest BCUT2D eigenvalue weighted by Crippen LogP contribution is -2.25. The Morgan fingerprint density at radius 3 is 2.12 bits per heavy atom. The van der Waals surface area contributed by atoms with E-state index in [0.717, 1.165) is 5.56 Å². The molecule has 0 radical (unpaired) electrons. The SMILES string of the molecule is CC(=O)[C@@]1(Cc2ccc(Oc3ccc(O)cc3)cc2)C[C@@H]1C(N)=O. The van der Waals surface area contributed by atoms with Crippen molar-refractivity contribution in [2.75, 3.05) is 0 Å². The van der Waals surface area contributed by atoms with Crippen LogP contribution < -0.4 is 10.5 Å². The van der Waals surface area contributed by atoms with Crippen LogP contribution in [0.5, 0.6) is 17.2 Å². The summed E-state index contributed by atoms with van der Waals surface area (Å²) in [6.07, 6.45) is 1.04. The van der Waals surface area contributed by atoms with Crippen molar-refractivity contribution in [2.24, 2.45) is 17.1 Å². The van der Waals surface area contributed by atoms with E-state index in [0.29, 0.717) is 24.3 Å². The van der Waals surface area contributed by atoms with Gasteiger partial charge in [0.05, 0.1) is 5.92 Å². The largest absolute Gasteiger partial charge is 0.508 e. The first kappa shape index (κ1) is 16.1. The van der Waals surface area contributed by atoms with Crippen molar-refractivity contribution in [3.8, 4) is 17.2 Å². The number of hydrogen-bond donors (Lipinski definition) is 2. The standard InChI is InChI=1S/C19H19NO4/c1-12(21)19(11-17(19)18(20)23)10-13-2-6-15(7-3-13)24-16-8-4-14(22)5-9-16/h2-9,17,22H,10-11H2,1H3,(H2,20,23)/t17-,19-/m1/s1. The van der Waals surface area contributed by atoms with E-state index in [-0.39, 0.29) is 17.5 Å². The van der Waals surface area contributed by atoms with Crippen LogP contribution in [0.3, 0.4) is 0 Å². The minimum absolute atomic E-state index is 0.00993. The number of phenols is 1. The zero-order chi connectivity index (χ0) is 17.3. The summed E-state index contributed by atoms with van der Waals surface area (Å²) < 4.78 is 5.69. The summed E-state index contributed by atoms with van der Waals surface area (Å²) in [5, 5.41) is 9.26. The van der Waals surface area contributed by atoms with Crippen LogP contribution in [-0.2, 0) is 16.0 Å². The fraction of sp³-hybridized carbons (Fsp3) is 0.263. The molecule has 1 aliphatic rings. The van der Waals surface area contributed by atoms with Crippen molar-refractivity contribution in [3.63, 3.8) is 0 Å². The van der Waals surface area contributed by atoms with Gasteiger partial charge in [-0.3, -0.25) is 9.59 Å². The number of ketones is 1. The maximum absolute atomic E-state index is 11.9. The lowest BCUT2D eigenvalue weighted by molar-refractivity contribution is -0.126. The van der Waals surface area contributed by atoms with E-state index in [1.807, 2.05) is 24.3 Å². The second kappa shape index (κ2) is 6.00. The summed E-state index contributed by atoms with van der Waals surface area (Å²) in [4.78, 5) is 23.3. The molecule has 2 aromatic carbocycles. The van der Waals surface area contributed by atoms with Crippen LogP contribution in [-0.4, -0.2) is 16.8 Å². The Morgan fingerprint density at radius 1 is 1.12 bits per heavy atom. The Morgan fingerprint density at radius 2 is 1.67 bits per heavy atom. The molecule has 0 bridgehead atoms. The van der Waals surface area contributed by atoms with Gasteiger partial charge in [0.2, 0.25) is 5.91 Å². The first-order valence-electron chi connectivity index (χ1n) is 7.77. The lowest BCUT2D eigenvalue weighted by Gasteiger charge is -2.13. The van der Waals surface area contributed by atoms with Gasteiger partial charge in [-0.2, -0.15) is 0 Å². The molecule has 0 aromatic heterocycles. The first-order chi connectivity index (χ1) is 11.4. The highest BCUT2D eigenvalue weighted by Gasteiger charge is 2.60. The van der Waals surface area contributed by atoms with Crippen molar-refractivity contribution in [2.45, 2.75) is 19.8 Å². The summed E-state index contributed by atoms with van der Waals surface area (Å²) in [6.45, 7) is 1.52. The molecule has 3 rings (SSSR count). The highest BCUT2D eigenvalue weighted by atomic mass is 16.5. The summed E-state index contributed by atoms with van der Waals surface area (Å²) >= 11 is 0. The predicted octanol–water partition coefficient (Wildman–Crippen LogP) is 2.81. The molecule has 5 heteroatoms. The number of phenolic OH excluding ortho intramolecular Hbond substituents is 1. The van der Waals surface area contributed by atoms with Crippen LogP contribution in [0.1, 0.15) is 18.9 Å². The molecule has 124 valence electrons. The molecule has 0 heterocycles. The Bertz CT molecular complexity index is 767. The highest BCUT2D eigenvalue weighted by molar-refractivity contribution is 5.95. The number of ether oxygens (including phenoxy) is 1. The number of amides is 1. The zero-order valence-corrected chi connectivity index (χ0v) is 13.4. The zero-order valence-electron chi connectivity index (χ0n) is 13.4. The average molecular weight is 325 g/mol. The van der Waals surface area contributed by atoms with Crippen LogP contribution in [0.2, 0.25) is 0 Å². The number of carbonyl (C=O) groups excluding carboxylic acids is 2. The molecular formula is C19H19NO4. The van der Waals surface area contributed by atoms with E-state index < -0.39 is 11.3 Å². The van der Waals surface area contributed by atoms with E-state index in [2.05, 4.69) is 0 Å². The second-order valence-corrected chi connectivity index (χ2v) is 6.29. The molecule has 2 atom stereocenters. The second-order valence-electron chi connectivity index (χ2n) is 6.29. The average Bonchev–Trinajstić information content (AvgIpc) is 3.28. The molecule has 0 aliphatic heterocycles. The lowest BCUT2D eigenvalue weighted by atomic mass is 9.90. The summed E-state index contributed by atoms with van der Waals surface area (Å²) in [5.41, 5.74) is 5.69. The van der Waals surface area contributed by atoms with E-state index in [1.54, 1.807) is 24.3 Å². The van der Waals surface area contributed by atoms with E-state index in [4.69, 9.17) is 10.5 Å². The third kappa shape index (κ3) is 3.11. The summed E-state index contributed by atoms with van der Waals surface area (Å²) in [7, 11) is 0. The van der Waals surface area contributed by atoms with Crippen LogP contribution in [0.4, 0.5) is 0 Å². The van der Waals surface area contributed by atoms with Crippen LogP contribution in [0.25, 0.3) is 0 Å². The molecule has 1 amide bonds. The topological polar surface area (TPSA) is 89.6 Å². The van der Waals surface area contributed by atoms with Crippen LogP contribution in [0.15, 0.2) is 48.5 Å². The molecule has 5 nitrogen and oxygen atoms in total. The molecule has 1 aliphatic carbocycles. The maximum Gasteiger partial charge on any atom is 0.221 e. The smallest absolute Gasteiger partial charge is 0.221 e. The fourth-order valence-electron chi connectivity index (χ4n) is 3.08. The Balaban J connectivity index is 1.69. The molecule has 2 aromatic rings. The van der Waals surface area contributed by atoms with Gasteiger partial charge < -0.3 is 15.6 Å². The number of Topliss-reactive ketones (excluding diaryl/α,β-unsaturated/α-hetero) is 1. The van der Waals surface area contributed by atoms with Crippen molar-refractivity contribution in [1.82, 2.24) is 0 Å². The number of nitrogens with two attached hydrogens (primary N) is 1. The normalized spacial score (nSPS) is 22.0. The van der Waals surface area contributed by atoms with E-state index >= 15 is 0 Å². The third-order valence-corrected chi connectivity index (χ3v) is 4.64. The summed E-state index contributed by atoms with van der Waals surface area (Å²) in [6, 6.07) is 13.9. The Hall–Kier alpha value is -2.82. The van der Waals surface area contributed by atoms with Crippen molar-refractivity contribution in [3.05, 3.63) is 54.1 Å². The van der Waals surface area contributed by atoms with Gasteiger partial charge >= 0.3 is 0 Å². The van der Waals surface area contributed by atoms with Crippen LogP contribution in [0, 0.1) is 11.3 Å². The third-order valence-electron chi connectivity index (χ3n) is 4.64. The van der Waals surface area contributed by atoms with Gasteiger partial charge in [-0.05, 0) is 61.7 Å². The van der Waals surface area contributed by atoms with Gasteiger partial charge in [0.25, 0.3) is 0 Å². The van der Waals surface area contributed by atoms with Crippen molar-refractivity contribution in [1.29, 1.82) is 0 Å². The number of aromatic hydroxyl groups is 1. The highest BCUT2D eigenvalue weighted by Crippen LogP contribution is 2.55. The molecule has 1 fully saturated rings. The van der Waals surface area contributed by atoms with Gasteiger partial charge in [0.15, 0.2) is 0 Å². The van der Waals surface area contributed by atoms with Crippen molar-refractivity contribution < 1.29 is 19.4 Å². The van der Waals surface area contributed by atoms with Gasteiger partial charge in [0.1, 0.15) is 23.0 Å². The van der Waals surface area contributed by atoms with E-state index in [9.17, 15) is 14.7 Å². The number of rotatable bonds is 6. The predicted molar refractivity (Wildman–Crippen MR) is 88.7 cm³/mol. The van der Waals surface area contributed by atoms with Gasteiger partial charge in [-0.25, -0.2) is 0 Å². The minimum atomic E-state index is -0.634. The number of carbonyl (C=O) groups is 2. The molecule has 0 spiro atoms. The minimum Gasteiger partial charge on any atom is -0.508 e. The molecule has 0 unspecified atom stereocenters. The fourth-order valence-corrected chi connectivity index (χ4v) is 3.08. The molecular weight excluding hydrogens is 306 g/mol. The first-order valence-corrected chi connectivity index (χ1v) is 7.77. The molecule has 0 saturated heterocycles. The number of hydrogen-bond acceptors (Lipinski definition) is 4. The summed E-state index contributed by atoms with van der Waals surface area (Å²) in [5.74, 6) is 0.706. The quantitative estimate of drug-likeness (QED) is 0.854. The molecule has 24 heavy (non-hydrogen) atoms. The maximum atomic E-state index is 11.9. The number of benzene rings is 2. The van der Waals surface area contributed by atoms with Crippen molar-refractivity contribution >= 4 is 11.7 Å². The molecule has 1 saturated carbocycles. The van der Waals surface area contributed by atoms with Gasteiger partial charge in [-0.15, -0.1) is 0 Å². The monoisotopic (exact) mass is 325 g/mol. The Labute approximate surface area is 140 Å². The van der Waals surface area contributed by atoms with E-state index in [1.165, 1.54) is 6.92 Å².